The summed E-state index contributed by atoms with van der Waals surface area (Å²) < 4.78 is 0. The minimum Gasteiger partial charge on any atom is -0.0458 e. The Bertz CT molecular complexity index is 11500. The molecular weight excluding hydrogens is 1730 g/mol. The van der Waals surface area contributed by atoms with Gasteiger partial charge < -0.3 is 0 Å². The standard InChI is InChI=1S/C144H48/c1-5-13-21-29-37-39-31-23-15-7-2-9-17-25-33-41-43-35-27-19-11-4-12-20-28-36-44-42-34-26-18-10-3-8-16-24-32-40-38-30-22-14-6(1)45(5)49(13)57(21)65(29)73(37)75(39)67(31)59(23)51(15)46(7,9)53(17)61(25)69(33)77(41)79(43)71(35)63(27)55(19)48(11,12)56(20)64(28)72(36)80(44)78(42)70(34)62(26)54(18)47(8,10)52(16)60(24)68(32)76(40)74(38)66(30)58(22)50(14,45)81(49)85(57)93(65)101(73)103(75)95(67)87(59)82(51,53)89(61)97(69)105(77)107(79)99(71)91(63)84(55,56)92(64)100(72)108(80)106(78)98(70)90(62)83(52,54)88(60)96(68)104(76)102(74)94(66)86(58,81)109(85)113(93)121(101)123(103)115(95)110(87,89)117(97)125(105)127(107)119(99)112(91,92)120(100)128(108)126(106)118(98)111(88,90)116(96)124(104)122(102)114(94,109)129(113)133(121)135(123)130(115,117)137(125)139(127)132(119,120)140(128)138(126)131(116,118)136(124)134(122,129)141(133)142(135,137)144(139,140)143(136,138)141/h5-44H,1-4H2/t5-,6?,7?,8?,9?,10?,11?,12?,13-,14?,15?,16?,17?,18?,19?,20?,21?,22?,23?,24?,25?,26?,27?,28?,29?,30?,31?,32?,33?,34?,35?,36?,37?,38?,39?,40?,41?,42?,43?,44?,45?,46?,47?,48?,49?,50?,51?,52?,53?,54?,55?,56?,57?,58?,59?,60?,61?,62?,63+,64?,65?,66?,67?,68?,69?,70?,71?,72?,73?,74?,75?,76?,77?,78?,79?,80?,81?,82?,83?,84?,85-,86?,87?,88?,89?,90?,91-,92?,93-,94?,95?,96?,97?,98?,99?,100?,101+,102?,103?,104?,105?,106?,107?,108?,109?,110?,111?,112?,113?,114?,115?,116?,117?,118?,119?,120?,121+,122?,123?,124?,125-,126?,127+,128?,129?,130?,131?,132?,133?,134?,135?,136?,137+,138?,139?,140?,141?,142?,143?,144?/m1/s1. The highest BCUT2D eigenvalue weighted by Gasteiger charge is 3.99. The average molecular weight is 1780 g/mol. The molecule has 121 fully saturated rings. The molecule has 121 saturated carbocycles. The summed E-state index contributed by atoms with van der Waals surface area (Å²) in [5.41, 5.74) is 117. The zero-order valence-electron chi connectivity index (χ0n) is 75.9. The first-order chi connectivity index (χ1) is 71.8. The fourth-order valence-corrected chi connectivity index (χ4v) is 192. The van der Waals surface area contributed by atoms with E-state index in [1.165, 1.54) is 562 Å². The zero-order chi connectivity index (χ0) is 75.9. The molecular formula is C144H48. The lowest BCUT2D eigenvalue weighted by molar-refractivity contribution is -1.11. The highest BCUT2D eigenvalue weighted by Crippen LogP contribution is 4.05. The predicted molar refractivity (Wildman–Crippen MR) is 448 cm³/mol. The van der Waals surface area contributed by atoms with Gasteiger partial charge in [-0.2, -0.15) is 0 Å². The van der Waals surface area contributed by atoms with E-state index in [0.29, 0.717) is 0 Å². The molecule has 121 rings (SSSR count). The normalized spacial score (nSPS) is 164. The molecule has 0 aliphatic heterocycles. The first-order valence-corrected chi connectivity index (χ1v) is 71.8. The summed E-state index contributed by atoms with van der Waals surface area (Å²) in [5, 5.41) is 0. The van der Waals surface area contributed by atoms with Crippen molar-refractivity contribution >= 4 is 0 Å². The van der Waals surface area contributed by atoms with Crippen molar-refractivity contribution in [3.05, 3.63) is 314 Å². The van der Waals surface area contributed by atoms with Gasteiger partial charge in [0, 0.05) is 0 Å². The summed E-state index contributed by atoms with van der Waals surface area (Å²) in [4.78, 5) is 0. The van der Waals surface area contributed by atoms with Crippen LogP contribution in [-0.4, -0.2) is 0 Å². The summed E-state index contributed by atoms with van der Waals surface area (Å²) in [5.74, 6) is 59.3. The van der Waals surface area contributed by atoms with E-state index in [0.717, 1.165) is 217 Å². The number of hydrogen-bond acceptors (Lipinski definition) is 0. The van der Waals surface area contributed by atoms with E-state index in [9.17, 15) is 0 Å². The van der Waals surface area contributed by atoms with Gasteiger partial charge in [-0.15, -0.1) is 0 Å². The van der Waals surface area contributed by atoms with Crippen LogP contribution in [0.1, 0.15) is 25.7 Å². The van der Waals surface area contributed by atoms with Crippen molar-refractivity contribution in [2.45, 2.75) is 25.7 Å². The first kappa shape index (κ1) is 42.2. The number of hydrogen-bond donors (Lipinski definition) is 0. The van der Waals surface area contributed by atoms with Crippen molar-refractivity contribution in [2.24, 2.45) is 464 Å². The summed E-state index contributed by atoms with van der Waals surface area (Å²) in [6, 6.07) is 0. The molecule has 0 heterocycles. The highest BCUT2D eigenvalue weighted by molar-refractivity contribution is 7.12. The van der Waals surface area contributed by atoms with Gasteiger partial charge in [0.15, 0.2) is 0 Å². The van der Waals surface area contributed by atoms with Crippen LogP contribution >= 0.6 is 0 Å². The quantitative estimate of drug-likeness (QED) is 0.227. The first-order valence-electron chi connectivity index (χ1n) is 71.8. The van der Waals surface area contributed by atoms with Crippen LogP contribution in [-0.2, 0) is 0 Å². The van der Waals surface area contributed by atoms with E-state index in [1.807, 2.05) is 25.7 Å². The molecule has 121 aliphatic rings. The van der Waals surface area contributed by atoms with Gasteiger partial charge in [0.1, 0.15) is 0 Å². The maximum atomic E-state index is 1.99. The van der Waals surface area contributed by atoms with Gasteiger partial charge in [0.25, 0.3) is 0 Å². The Morgan fingerprint density at radius 3 is 0.236 bits per heavy atom. The molecule has 0 amide bonds. The topological polar surface area (TPSA) is 0 Å². The Labute approximate surface area is 797 Å². The maximum absolute atomic E-state index is 1.99. The lowest BCUT2D eigenvalue weighted by Crippen LogP contribution is -3.82. The second-order valence-electron chi connectivity index (χ2n) is 100.0. The Balaban J connectivity index is 0.519. The lowest BCUT2D eigenvalue weighted by atomic mass is 8.13. The van der Waals surface area contributed by atoms with Crippen LogP contribution in [0.3, 0.4) is 0 Å². The highest BCUT2D eigenvalue weighted by atomic mass is 16.0. The van der Waals surface area contributed by atoms with Gasteiger partial charge in [0.2, 0.25) is 0 Å². The van der Waals surface area contributed by atoms with E-state index in [1.54, 1.807) is 0 Å². The second kappa shape index (κ2) is 5.50. The summed E-state index contributed by atoms with van der Waals surface area (Å²) in [6.45, 7) is 0. The summed E-state index contributed by atoms with van der Waals surface area (Å²) >= 11 is 0. The largest absolute Gasteiger partial charge is 0.0458 e. The smallest absolute Gasteiger partial charge is 0.00000000322 e. The third-order valence-corrected chi connectivity index (χ3v) is 142. The van der Waals surface area contributed by atoms with Crippen LogP contribution in [0.15, 0.2) is 0 Å². The average Bonchev–Trinajstić information content (AvgIpc) is 0.381. The van der Waals surface area contributed by atoms with Crippen molar-refractivity contribution in [3.8, 4) is 0 Å². The van der Waals surface area contributed by atoms with Crippen LogP contribution < -0.4 is 0 Å². The molecule has 140 atom stereocenters. The number of rotatable bonds is 0. The maximum Gasteiger partial charge on any atom is -0.00000000322 e. The van der Waals surface area contributed by atoms with Gasteiger partial charge in [-0.05, 0) is 804 Å². The fraction of sp³-hybridized carbons (Fsp3) is 1.00. The Morgan fingerprint density at radius 2 is 0.132 bits per heavy atom. The second-order valence-corrected chi connectivity index (χ2v) is 100.0. The Morgan fingerprint density at radius 1 is 0.0625 bits per heavy atom. The van der Waals surface area contributed by atoms with Gasteiger partial charge >= 0.3 is 0 Å². The molecule has 129 unspecified atom stereocenters. The van der Waals surface area contributed by atoms with Crippen molar-refractivity contribution in [1.82, 2.24) is 0 Å². The molecule has 0 aromatic rings. The SMILES string of the molecule is C1C2C3C4C5C6C7C8C9C%10C%11CC%12C%13C%14C%15C%16C%17C%18C%19C%20C%21CC%22C%23C%24C%25C%26C%27C%28C%29[C@H]%30[C@H]%31CC%32C%33C%34C%35C%36C%37C%38C%39C%40C1C21C32C43C54C65C76C87C98C%109C%11%12C%13%10C9%11C89C78C67C56C45C34C23C%401C%391C%382C%37%12C%36%13C%35%36C%34%35C%33%34C%32%31C%30%31C%29%30C%28%29C%27%28C%26%27C%25%26C%24%25C%23%24C%21%22C%20%21C%19%20C%18%19C%17%18C%16%17C%15%16C%15%22C%23%32C%33%37C%38%39C%40%41C6(C56C45C13C21C%122C%133C%364C%12%13C3%36C23C15C6%40C31C%412C%383C56C2%38C1%36C%121C%382C5%12C5%36C%38%40C%41%42C%20(C%21%24C%25%41C%26%38C%27%20C%40%12[C@]2%12C12C%131C%354C%34%31[C@@]%301[C@@]%292[C@@]%28%20%12)C%191C%182C%17%15[C@]%234C3%33[C@@]65[C@@]24C%421%36)C7%39C8%37C9%32[C@]%11%22[C@@]%14%10%16. The molecule has 0 saturated heterocycles. The summed E-state index contributed by atoms with van der Waals surface area (Å²) in [6.07, 6.45) is 7.96. The van der Waals surface area contributed by atoms with Crippen molar-refractivity contribution in [2.75, 3.05) is 0 Å². The van der Waals surface area contributed by atoms with Crippen molar-refractivity contribution < 1.29 is 0 Å². The minimum absolute atomic E-state index is 1.12. The van der Waals surface area contributed by atoms with E-state index >= 15 is 0 Å². The summed E-state index contributed by atoms with van der Waals surface area (Å²) in [7, 11) is 0. The molecule has 624 valence electrons. The molecule has 0 nitrogen and oxygen atoms in total. The van der Waals surface area contributed by atoms with E-state index < -0.39 is 0 Å². The van der Waals surface area contributed by atoms with Crippen LogP contribution in [0.25, 0.3) is 0 Å². The Kier molecular flexibility index (Phi) is 1.61. The van der Waals surface area contributed by atoms with E-state index in [-0.39, 0.29) is 0 Å². The van der Waals surface area contributed by atoms with Gasteiger partial charge in [-0.3, -0.25) is 0 Å². The molecule has 0 radical (unpaired) electrons. The molecule has 121 aliphatic carbocycles. The minimum atomic E-state index is 1.12. The lowest BCUT2D eigenvalue weighted by Gasteiger charge is -3.88. The molecule has 0 heteroatoms. The van der Waals surface area contributed by atoms with Crippen LogP contribution in [0.2, 0.25) is 0 Å². The van der Waals surface area contributed by atoms with Crippen molar-refractivity contribution in [3.63, 3.8) is 0 Å². The molecule has 0 aromatic carbocycles. The molecule has 0 aromatic heterocycles. The van der Waals surface area contributed by atoms with Crippen molar-refractivity contribution in [1.29, 1.82) is 0 Å². The van der Waals surface area contributed by atoms with E-state index in [2.05, 4.69) is 0 Å². The monoisotopic (exact) mass is 1780 g/mol. The third-order valence-electron chi connectivity index (χ3n) is 142. The predicted octanol–water partition coefficient (Wildman–Crippen LogP) is 11.2. The zero-order valence-corrected chi connectivity index (χ0v) is 75.9. The van der Waals surface area contributed by atoms with Crippen LogP contribution in [0, 0.1) is 778 Å². The molecule has 0 N–H and O–H groups in total. The van der Waals surface area contributed by atoms with Gasteiger partial charge in [-0.1, -0.05) is 0 Å². The van der Waals surface area contributed by atoms with E-state index in [4.69, 9.17) is 0 Å². The van der Waals surface area contributed by atoms with Gasteiger partial charge in [-0.25, -0.2) is 0 Å². The molecule has 0 bridgehead atoms. The molecule has 144 heavy (non-hydrogen) atoms. The third kappa shape index (κ3) is 0.692. The fourth-order valence-electron chi connectivity index (χ4n) is 192. The van der Waals surface area contributed by atoms with Crippen LogP contribution in [0.4, 0.5) is 0 Å². The number of fused-ring (bicyclic) bond motifs is 36. The molecule has 100 spiro atoms. The Hall–Kier alpha value is 0. The van der Waals surface area contributed by atoms with Crippen LogP contribution in [0.5, 0.6) is 0 Å². The van der Waals surface area contributed by atoms with Gasteiger partial charge in [0.05, 0.1) is 0 Å².